The molecule has 0 aliphatic heterocycles. The van der Waals surface area contributed by atoms with Crippen molar-refractivity contribution in [1.82, 2.24) is 10.6 Å². The summed E-state index contributed by atoms with van der Waals surface area (Å²) in [5.41, 5.74) is 0.763. The number of amides is 2. The zero-order chi connectivity index (χ0) is 20.2. The molecule has 1 aromatic carbocycles. The lowest BCUT2D eigenvalue weighted by Gasteiger charge is -2.23. The lowest BCUT2D eigenvalue weighted by molar-refractivity contribution is -0.142. The molecule has 0 radical (unpaired) electrons. The SMILES string of the molecule is C=CCCC[C@@H](NC(=O)[C@@H](NC(=O)OCc1ccccc1)[C@@H](C)O)C(=O)O. The average molecular weight is 378 g/mol. The van der Waals surface area contributed by atoms with Crippen molar-refractivity contribution in [2.75, 3.05) is 0 Å². The van der Waals surface area contributed by atoms with Crippen LogP contribution < -0.4 is 10.6 Å². The maximum atomic E-state index is 12.3. The largest absolute Gasteiger partial charge is 0.480 e. The molecule has 8 heteroatoms. The summed E-state index contributed by atoms with van der Waals surface area (Å²) in [5.74, 6) is -1.99. The molecule has 0 saturated heterocycles. The summed E-state index contributed by atoms with van der Waals surface area (Å²) in [7, 11) is 0. The smallest absolute Gasteiger partial charge is 0.408 e. The fourth-order valence-electron chi connectivity index (χ4n) is 2.28. The molecular formula is C19H26N2O6. The van der Waals surface area contributed by atoms with Gasteiger partial charge in [-0.1, -0.05) is 36.4 Å². The van der Waals surface area contributed by atoms with Crippen molar-refractivity contribution < 1.29 is 29.3 Å². The zero-order valence-corrected chi connectivity index (χ0v) is 15.3. The van der Waals surface area contributed by atoms with Crippen molar-refractivity contribution >= 4 is 18.0 Å². The summed E-state index contributed by atoms with van der Waals surface area (Å²) in [6.45, 7) is 4.87. The second kappa shape index (κ2) is 11.7. The van der Waals surface area contributed by atoms with E-state index in [1.165, 1.54) is 6.92 Å². The minimum absolute atomic E-state index is 0.000125. The van der Waals surface area contributed by atoms with Crippen molar-refractivity contribution in [1.29, 1.82) is 0 Å². The third-order valence-electron chi connectivity index (χ3n) is 3.77. The molecule has 0 heterocycles. The highest BCUT2D eigenvalue weighted by atomic mass is 16.5. The quantitative estimate of drug-likeness (QED) is 0.342. The fourth-order valence-corrected chi connectivity index (χ4v) is 2.28. The van der Waals surface area contributed by atoms with Gasteiger partial charge in [-0.3, -0.25) is 4.79 Å². The van der Waals surface area contributed by atoms with Gasteiger partial charge in [0.05, 0.1) is 6.10 Å². The normalized spacial score (nSPS) is 13.7. The van der Waals surface area contributed by atoms with Gasteiger partial charge in [0.2, 0.25) is 5.91 Å². The van der Waals surface area contributed by atoms with Gasteiger partial charge in [0, 0.05) is 0 Å². The van der Waals surface area contributed by atoms with E-state index in [0.717, 1.165) is 5.56 Å². The van der Waals surface area contributed by atoms with Gasteiger partial charge in [0.1, 0.15) is 18.7 Å². The van der Waals surface area contributed by atoms with E-state index in [-0.39, 0.29) is 13.0 Å². The number of carbonyl (C=O) groups is 3. The van der Waals surface area contributed by atoms with Gasteiger partial charge in [-0.15, -0.1) is 6.58 Å². The molecule has 4 N–H and O–H groups in total. The summed E-state index contributed by atoms with van der Waals surface area (Å²) < 4.78 is 5.02. The fraction of sp³-hybridized carbons (Fsp3) is 0.421. The number of nitrogens with one attached hydrogen (secondary N) is 2. The molecule has 148 valence electrons. The van der Waals surface area contributed by atoms with Gasteiger partial charge in [0.15, 0.2) is 0 Å². The van der Waals surface area contributed by atoms with Crippen molar-refractivity contribution in [2.24, 2.45) is 0 Å². The monoisotopic (exact) mass is 378 g/mol. The number of carboxylic acid groups (broad SMARTS) is 1. The van der Waals surface area contributed by atoms with Crippen LogP contribution in [0.5, 0.6) is 0 Å². The molecule has 0 aliphatic rings. The van der Waals surface area contributed by atoms with E-state index in [4.69, 9.17) is 4.74 Å². The number of benzene rings is 1. The number of unbranched alkanes of at least 4 members (excludes halogenated alkanes) is 1. The van der Waals surface area contributed by atoms with Crippen LogP contribution in [0.2, 0.25) is 0 Å². The molecule has 0 unspecified atom stereocenters. The zero-order valence-electron chi connectivity index (χ0n) is 15.3. The van der Waals surface area contributed by atoms with E-state index in [2.05, 4.69) is 17.2 Å². The number of rotatable bonds is 11. The van der Waals surface area contributed by atoms with E-state index < -0.39 is 36.2 Å². The summed E-state index contributed by atoms with van der Waals surface area (Å²) in [6.07, 6.45) is 0.882. The Morgan fingerprint density at radius 2 is 1.89 bits per heavy atom. The first-order chi connectivity index (χ1) is 12.8. The van der Waals surface area contributed by atoms with Crippen LogP contribution in [0.3, 0.4) is 0 Å². The standard InChI is InChI=1S/C19H26N2O6/c1-3-4-6-11-15(18(24)25)20-17(23)16(13(2)22)21-19(26)27-12-14-9-7-5-8-10-14/h3,5,7-10,13,15-16,22H,1,4,6,11-12H2,2H3,(H,20,23)(H,21,26)(H,24,25)/t13-,15-,16+/m1/s1. The van der Waals surface area contributed by atoms with Gasteiger partial charge >= 0.3 is 12.1 Å². The van der Waals surface area contributed by atoms with Crippen molar-refractivity contribution in [3.05, 3.63) is 48.6 Å². The summed E-state index contributed by atoms with van der Waals surface area (Å²) in [4.78, 5) is 35.5. The molecule has 1 aromatic rings. The molecule has 27 heavy (non-hydrogen) atoms. The molecule has 3 atom stereocenters. The van der Waals surface area contributed by atoms with Crippen LogP contribution in [-0.2, 0) is 20.9 Å². The van der Waals surface area contributed by atoms with E-state index in [9.17, 15) is 24.6 Å². The Kier molecular flexibility index (Phi) is 9.60. The molecule has 0 spiro atoms. The predicted molar refractivity (Wildman–Crippen MR) is 98.8 cm³/mol. The van der Waals surface area contributed by atoms with Crippen LogP contribution in [0, 0.1) is 0 Å². The van der Waals surface area contributed by atoms with E-state index in [1.54, 1.807) is 30.3 Å². The number of allylic oxidation sites excluding steroid dienone is 1. The highest BCUT2D eigenvalue weighted by Crippen LogP contribution is 2.05. The van der Waals surface area contributed by atoms with Crippen LogP contribution in [-0.4, -0.2) is 46.4 Å². The molecule has 1 rings (SSSR count). The highest BCUT2D eigenvalue weighted by Gasteiger charge is 2.29. The van der Waals surface area contributed by atoms with Crippen LogP contribution in [0.1, 0.15) is 31.7 Å². The number of aliphatic carboxylic acids is 1. The first kappa shape index (κ1) is 22.2. The highest BCUT2D eigenvalue weighted by molar-refractivity contribution is 5.89. The Labute approximate surface area is 158 Å². The third-order valence-corrected chi connectivity index (χ3v) is 3.77. The number of carbonyl (C=O) groups excluding carboxylic acids is 2. The Bertz CT molecular complexity index is 632. The topological polar surface area (TPSA) is 125 Å². The summed E-state index contributed by atoms with van der Waals surface area (Å²) >= 11 is 0. The molecule has 2 amide bonds. The summed E-state index contributed by atoms with van der Waals surface area (Å²) in [6, 6.07) is 6.49. The molecule has 0 saturated carbocycles. The second-order valence-corrected chi connectivity index (χ2v) is 6.04. The molecule has 0 fully saturated rings. The second-order valence-electron chi connectivity index (χ2n) is 6.04. The number of carboxylic acids is 1. The van der Waals surface area contributed by atoms with Crippen LogP contribution in [0.25, 0.3) is 0 Å². The Balaban J connectivity index is 2.61. The molecule has 0 bridgehead atoms. The van der Waals surface area contributed by atoms with E-state index in [1.807, 2.05) is 6.07 Å². The van der Waals surface area contributed by atoms with Gasteiger partial charge in [-0.05, 0) is 31.7 Å². The Hall–Kier alpha value is -2.87. The molecular weight excluding hydrogens is 352 g/mol. The number of hydrogen-bond donors (Lipinski definition) is 4. The number of aliphatic hydroxyl groups excluding tert-OH is 1. The Morgan fingerprint density at radius 1 is 1.22 bits per heavy atom. The Morgan fingerprint density at radius 3 is 2.44 bits per heavy atom. The van der Waals surface area contributed by atoms with Crippen LogP contribution in [0.4, 0.5) is 4.79 Å². The number of ether oxygens (including phenoxy) is 1. The number of alkyl carbamates (subject to hydrolysis) is 1. The van der Waals surface area contributed by atoms with Crippen molar-refractivity contribution in [3.63, 3.8) is 0 Å². The maximum Gasteiger partial charge on any atom is 0.408 e. The average Bonchev–Trinajstić information content (AvgIpc) is 2.64. The first-order valence-electron chi connectivity index (χ1n) is 8.64. The lowest BCUT2D eigenvalue weighted by atomic mass is 10.1. The van der Waals surface area contributed by atoms with Crippen molar-refractivity contribution in [3.8, 4) is 0 Å². The summed E-state index contributed by atoms with van der Waals surface area (Å²) in [5, 5.41) is 23.6. The maximum absolute atomic E-state index is 12.3. The van der Waals surface area contributed by atoms with Crippen LogP contribution in [0.15, 0.2) is 43.0 Å². The third kappa shape index (κ3) is 8.37. The molecule has 0 aromatic heterocycles. The predicted octanol–water partition coefficient (Wildman–Crippen LogP) is 1.59. The molecule has 0 aliphatic carbocycles. The van der Waals surface area contributed by atoms with Gasteiger partial charge in [-0.2, -0.15) is 0 Å². The first-order valence-corrected chi connectivity index (χ1v) is 8.64. The molecule has 8 nitrogen and oxygen atoms in total. The van der Waals surface area contributed by atoms with E-state index >= 15 is 0 Å². The van der Waals surface area contributed by atoms with Gasteiger partial charge in [-0.25, -0.2) is 9.59 Å². The van der Waals surface area contributed by atoms with Gasteiger partial charge < -0.3 is 25.6 Å². The van der Waals surface area contributed by atoms with Crippen molar-refractivity contribution in [2.45, 2.75) is 51.0 Å². The van der Waals surface area contributed by atoms with Crippen LogP contribution >= 0.6 is 0 Å². The van der Waals surface area contributed by atoms with E-state index in [0.29, 0.717) is 12.8 Å². The minimum Gasteiger partial charge on any atom is -0.480 e. The van der Waals surface area contributed by atoms with Gasteiger partial charge in [0.25, 0.3) is 0 Å². The minimum atomic E-state index is -1.34. The number of aliphatic hydroxyl groups is 1. The lowest BCUT2D eigenvalue weighted by Crippen LogP contribution is -2.55. The number of hydrogen-bond acceptors (Lipinski definition) is 5.